The Morgan fingerprint density at radius 2 is 1.56 bits per heavy atom. The van der Waals surface area contributed by atoms with Gasteiger partial charge in [0.1, 0.15) is 5.69 Å². The van der Waals surface area contributed by atoms with Crippen molar-refractivity contribution in [2.45, 2.75) is 27.0 Å². The molecule has 8 heteroatoms. The summed E-state index contributed by atoms with van der Waals surface area (Å²) in [6.45, 7) is 4.94. The molecule has 1 aliphatic heterocycles. The van der Waals surface area contributed by atoms with Crippen LogP contribution in [0.1, 0.15) is 36.8 Å². The molecule has 8 nitrogen and oxygen atoms in total. The van der Waals surface area contributed by atoms with E-state index >= 15 is 0 Å². The third-order valence-electron chi connectivity index (χ3n) is 5.77. The molecule has 4 aromatic rings. The van der Waals surface area contributed by atoms with E-state index in [1.54, 1.807) is 28.9 Å². The molecule has 0 aliphatic carbocycles. The molecule has 0 saturated carbocycles. The number of hydrazone groups is 1. The van der Waals surface area contributed by atoms with E-state index in [2.05, 4.69) is 10.4 Å². The minimum Gasteiger partial charge on any atom is -0.446 e. The maximum atomic E-state index is 12.6. The predicted octanol–water partition coefficient (Wildman–Crippen LogP) is 5.05. The number of rotatable bonds is 5. The number of hydrogen-bond donors (Lipinski definition) is 1. The summed E-state index contributed by atoms with van der Waals surface area (Å²) < 4.78 is 8.06. The van der Waals surface area contributed by atoms with Crippen molar-refractivity contribution >= 4 is 23.4 Å². The van der Waals surface area contributed by atoms with Gasteiger partial charge in [-0.05, 0) is 43.3 Å². The fourth-order valence-electron chi connectivity index (χ4n) is 4.00. The zero-order valence-electron chi connectivity index (χ0n) is 20.2. The summed E-state index contributed by atoms with van der Waals surface area (Å²) in [7, 11) is 0. The summed E-state index contributed by atoms with van der Waals surface area (Å²) in [5.41, 5.74) is 5.70. The molecule has 1 atom stereocenters. The Hall–Kier alpha value is -4.72. The van der Waals surface area contributed by atoms with Gasteiger partial charge in [-0.2, -0.15) is 10.1 Å². The van der Waals surface area contributed by atoms with Gasteiger partial charge >= 0.3 is 0 Å². The summed E-state index contributed by atoms with van der Waals surface area (Å²) >= 11 is 0. The number of hydrogen-bond acceptors (Lipinski definition) is 5. The Morgan fingerprint density at radius 1 is 0.889 bits per heavy atom. The lowest BCUT2D eigenvalue weighted by Crippen LogP contribution is -2.25. The number of para-hydroxylation sites is 1. The molecular formula is C28H25N5O3. The highest BCUT2D eigenvalue weighted by Gasteiger charge is 2.36. The second kappa shape index (κ2) is 9.50. The molecule has 1 aliphatic rings. The number of aryl methyl sites for hydroxylation is 1. The van der Waals surface area contributed by atoms with Crippen LogP contribution in [0, 0.1) is 6.92 Å². The van der Waals surface area contributed by atoms with Crippen LogP contribution in [0.3, 0.4) is 0 Å². The fraction of sp³-hybridized carbons (Fsp3) is 0.143. The average molecular weight is 480 g/mol. The van der Waals surface area contributed by atoms with Crippen LogP contribution >= 0.6 is 0 Å². The van der Waals surface area contributed by atoms with E-state index in [0.717, 1.165) is 16.8 Å². The second-order valence-electron chi connectivity index (χ2n) is 8.58. The third-order valence-corrected chi connectivity index (χ3v) is 5.77. The zero-order chi connectivity index (χ0) is 25.2. The van der Waals surface area contributed by atoms with Crippen molar-refractivity contribution in [3.63, 3.8) is 0 Å². The Kier molecular flexibility index (Phi) is 6.08. The number of amides is 2. The van der Waals surface area contributed by atoms with Crippen molar-refractivity contribution < 1.29 is 14.3 Å². The van der Waals surface area contributed by atoms with Gasteiger partial charge in [0.15, 0.2) is 0 Å². The van der Waals surface area contributed by atoms with Crippen LogP contribution < -0.4 is 5.32 Å². The Labute approximate surface area is 208 Å². The fourth-order valence-corrected chi connectivity index (χ4v) is 4.00. The number of benzene rings is 3. The maximum Gasteiger partial charge on any atom is 0.243 e. The Balaban J connectivity index is 1.55. The smallest absolute Gasteiger partial charge is 0.243 e. The maximum absolute atomic E-state index is 12.6. The van der Waals surface area contributed by atoms with Gasteiger partial charge in [0, 0.05) is 36.9 Å². The standard InChI is InChI=1S/C28H25N5O3/c1-18-9-11-21(12-10-18)26-25(17-32(30-26)24-7-5-4-6-8-24)28-33(20(3)35)31-27(36-28)22-13-15-23(16-14-22)29-19(2)34/h4-17,28H,1-3H3,(H,29,34). The minimum atomic E-state index is -0.790. The summed E-state index contributed by atoms with van der Waals surface area (Å²) in [5, 5.41) is 13.4. The number of nitrogens with one attached hydrogen (secondary N) is 1. The molecule has 0 saturated heterocycles. The summed E-state index contributed by atoms with van der Waals surface area (Å²) in [4.78, 5) is 23.9. The van der Waals surface area contributed by atoms with E-state index in [1.165, 1.54) is 18.9 Å². The highest BCUT2D eigenvalue weighted by atomic mass is 16.5. The van der Waals surface area contributed by atoms with Gasteiger partial charge in [-0.15, -0.1) is 5.10 Å². The molecule has 0 spiro atoms. The third kappa shape index (κ3) is 4.61. The number of nitrogens with zero attached hydrogens (tertiary/aromatic N) is 4. The molecule has 0 fully saturated rings. The van der Waals surface area contributed by atoms with Crippen LogP contribution in [0.25, 0.3) is 16.9 Å². The number of aromatic nitrogens is 2. The molecule has 5 rings (SSSR count). The molecule has 0 radical (unpaired) electrons. The lowest BCUT2D eigenvalue weighted by Gasteiger charge is -2.19. The van der Waals surface area contributed by atoms with E-state index in [1.807, 2.05) is 67.7 Å². The molecule has 0 bridgehead atoms. The molecule has 1 N–H and O–H groups in total. The Bertz CT molecular complexity index is 1440. The average Bonchev–Trinajstić information content (AvgIpc) is 3.50. The van der Waals surface area contributed by atoms with E-state index < -0.39 is 6.23 Å². The van der Waals surface area contributed by atoms with Gasteiger partial charge in [0.05, 0.1) is 11.3 Å². The van der Waals surface area contributed by atoms with Crippen molar-refractivity contribution in [2.75, 3.05) is 5.32 Å². The molecule has 180 valence electrons. The van der Waals surface area contributed by atoms with Crippen LogP contribution in [0.15, 0.2) is 90.2 Å². The van der Waals surface area contributed by atoms with Crippen LogP contribution in [-0.4, -0.2) is 32.5 Å². The molecule has 36 heavy (non-hydrogen) atoms. The van der Waals surface area contributed by atoms with Crippen molar-refractivity contribution in [2.24, 2.45) is 5.10 Å². The van der Waals surface area contributed by atoms with Crippen LogP contribution in [0.5, 0.6) is 0 Å². The van der Waals surface area contributed by atoms with Crippen molar-refractivity contribution in [1.29, 1.82) is 0 Å². The first-order valence-corrected chi connectivity index (χ1v) is 11.5. The van der Waals surface area contributed by atoms with Crippen LogP contribution in [0.2, 0.25) is 0 Å². The lowest BCUT2D eigenvalue weighted by atomic mass is 10.1. The molecule has 1 aromatic heterocycles. The number of ether oxygens (including phenoxy) is 1. The van der Waals surface area contributed by atoms with Gasteiger partial charge in [-0.1, -0.05) is 48.0 Å². The first-order chi connectivity index (χ1) is 17.4. The van der Waals surface area contributed by atoms with E-state index in [0.29, 0.717) is 28.4 Å². The monoisotopic (exact) mass is 479 g/mol. The summed E-state index contributed by atoms with van der Waals surface area (Å²) in [6.07, 6.45) is 1.09. The van der Waals surface area contributed by atoms with Crippen LogP contribution in [-0.2, 0) is 14.3 Å². The quantitative estimate of drug-likeness (QED) is 0.434. The van der Waals surface area contributed by atoms with Crippen molar-refractivity contribution in [1.82, 2.24) is 14.8 Å². The first-order valence-electron chi connectivity index (χ1n) is 11.5. The number of carbonyl (C=O) groups excluding carboxylic acids is 2. The minimum absolute atomic E-state index is 0.154. The molecule has 2 heterocycles. The molecule has 3 aromatic carbocycles. The normalized spacial score (nSPS) is 14.8. The number of anilines is 1. The van der Waals surface area contributed by atoms with E-state index in [4.69, 9.17) is 9.84 Å². The summed E-state index contributed by atoms with van der Waals surface area (Å²) in [5.74, 6) is -0.0989. The van der Waals surface area contributed by atoms with Crippen LogP contribution in [0.4, 0.5) is 5.69 Å². The topological polar surface area (TPSA) is 88.8 Å². The van der Waals surface area contributed by atoms with Gasteiger partial charge < -0.3 is 10.1 Å². The SMILES string of the molecule is CC(=O)Nc1ccc(C2=NN(C(C)=O)C(c3cn(-c4ccccc4)nc3-c3ccc(C)cc3)O2)cc1. The molecule has 1 unspecified atom stereocenters. The second-order valence-corrected chi connectivity index (χ2v) is 8.58. The van der Waals surface area contributed by atoms with Crippen molar-refractivity contribution in [3.05, 3.63) is 102 Å². The van der Waals surface area contributed by atoms with Gasteiger partial charge in [-0.3, -0.25) is 9.59 Å². The van der Waals surface area contributed by atoms with Gasteiger partial charge in [0.2, 0.25) is 23.9 Å². The first kappa shape index (κ1) is 23.0. The lowest BCUT2D eigenvalue weighted by molar-refractivity contribution is -0.135. The van der Waals surface area contributed by atoms with E-state index in [9.17, 15) is 9.59 Å². The molecular weight excluding hydrogens is 454 g/mol. The largest absolute Gasteiger partial charge is 0.446 e. The van der Waals surface area contributed by atoms with Crippen molar-refractivity contribution in [3.8, 4) is 16.9 Å². The highest BCUT2D eigenvalue weighted by Crippen LogP contribution is 2.36. The highest BCUT2D eigenvalue weighted by molar-refractivity contribution is 5.97. The Morgan fingerprint density at radius 3 is 2.19 bits per heavy atom. The van der Waals surface area contributed by atoms with Gasteiger partial charge in [0.25, 0.3) is 0 Å². The van der Waals surface area contributed by atoms with Gasteiger partial charge in [-0.25, -0.2) is 4.68 Å². The zero-order valence-corrected chi connectivity index (χ0v) is 20.2. The predicted molar refractivity (Wildman–Crippen MR) is 137 cm³/mol. The number of carbonyl (C=O) groups is 2. The van der Waals surface area contributed by atoms with E-state index in [-0.39, 0.29) is 11.8 Å². The molecule has 2 amide bonds. The summed E-state index contributed by atoms with van der Waals surface area (Å²) in [6, 6.07) is 24.9.